The first-order valence-electron chi connectivity index (χ1n) is 7.10. The molecule has 0 atom stereocenters. The van der Waals surface area contributed by atoms with Crippen molar-refractivity contribution in [3.63, 3.8) is 0 Å². The maximum absolute atomic E-state index is 15.1. The average Bonchev–Trinajstić information content (AvgIpc) is 2.51. The van der Waals surface area contributed by atoms with Gasteiger partial charge in [-0.15, -0.1) is 0 Å². The molecule has 2 aliphatic rings. The summed E-state index contributed by atoms with van der Waals surface area (Å²) in [5, 5.41) is 0. The Morgan fingerprint density at radius 1 is 1.14 bits per heavy atom. The van der Waals surface area contributed by atoms with E-state index < -0.39 is 11.3 Å². The third-order valence-corrected chi connectivity index (χ3v) is 4.17. The molecule has 114 valence electrons. The lowest BCUT2D eigenvalue weighted by molar-refractivity contribution is -0.111. The van der Waals surface area contributed by atoms with E-state index in [4.69, 9.17) is 0 Å². The van der Waals surface area contributed by atoms with Gasteiger partial charge in [0.25, 0.3) is 0 Å². The quantitative estimate of drug-likeness (QED) is 0.797. The Morgan fingerprint density at radius 2 is 1.77 bits per heavy atom. The van der Waals surface area contributed by atoms with Gasteiger partial charge in [-0.3, -0.25) is 4.79 Å². The molecule has 0 bridgehead atoms. The Hall–Kier alpha value is -2.30. The fraction of sp³-hybridized carbons (Fsp3) is 0.294. The van der Waals surface area contributed by atoms with Crippen LogP contribution in [0.25, 0.3) is 0 Å². The van der Waals surface area contributed by atoms with Gasteiger partial charge >= 0.3 is 5.92 Å². The van der Waals surface area contributed by atoms with Crippen LogP contribution in [0.3, 0.4) is 0 Å². The summed E-state index contributed by atoms with van der Waals surface area (Å²) < 4.78 is 30.2. The lowest BCUT2D eigenvalue weighted by Crippen LogP contribution is -2.57. The number of carbonyl (C=O) groups excluding carboxylic acids is 1. The van der Waals surface area contributed by atoms with Crippen molar-refractivity contribution in [2.24, 2.45) is 10.4 Å². The number of hydrogen-bond donors (Lipinski definition) is 0. The van der Waals surface area contributed by atoms with Crippen LogP contribution in [0, 0.1) is 5.41 Å². The molecule has 1 fully saturated rings. The van der Waals surface area contributed by atoms with E-state index in [9.17, 15) is 4.79 Å². The summed E-state index contributed by atoms with van der Waals surface area (Å²) in [6.07, 6.45) is 5.33. The number of carbonyl (C=O) groups is 1. The van der Waals surface area contributed by atoms with Gasteiger partial charge in [-0.25, -0.2) is 4.99 Å². The van der Waals surface area contributed by atoms with Crippen molar-refractivity contribution in [3.8, 4) is 0 Å². The zero-order chi connectivity index (χ0) is 15.8. The van der Waals surface area contributed by atoms with Gasteiger partial charge in [0.05, 0.1) is 11.1 Å². The summed E-state index contributed by atoms with van der Waals surface area (Å²) in [4.78, 5) is 16.9. The lowest BCUT2D eigenvalue weighted by Gasteiger charge is -2.45. The van der Waals surface area contributed by atoms with E-state index in [1.165, 1.54) is 29.2 Å². The molecule has 1 heterocycles. The van der Waals surface area contributed by atoms with E-state index in [0.717, 1.165) is 0 Å². The van der Waals surface area contributed by atoms with Gasteiger partial charge < -0.3 is 4.90 Å². The first-order chi connectivity index (χ1) is 10.4. The Balaban J connectivity index is 2.06. The van der Waals surface area contributed by atoms with Gasteiger partial charge in [0.2, 0.25) is 0 Å². The number of ketones is 1. The van der Waals surface area contributed by atoms with Gasteiger partial charge in [0.15, 0.2) is 11.6 Å². The summed E-state index contributed by atoms with van der Waals surface area (Å²) in [7, 11) is 1.62. The number of rotatable bonds is 1. The predicted octanol–water partition coefficient (Wildman–Crippen LogP) is 3.37. The van der Waals surface area contributed by atoms with Crippen LogP contribution < -0.4 is 0 Å². The predicted molar refractivity (Wildman–Crippen MR) is 81.5 cm³/mol. The Labute approximate surface area is 127 Å². The molecular weight excluding hydrogens is 286 g/mol. The second-order valence-corrected chi connectivity index (χ2v) is 5.63. The van der Waals surface area contributed by atoms with Crippen LogP contribution in [0.4, 0.5) is 14.5 Å². The normalized spacial score (nSPS) is 24.2. The lowest BCUT2D eigenvalue weighted by atomic mass is 9.72. The highest BCUT2D eigenvalue weighted by atomic mass is 19.3. The first-order valence-corrected chi connectivity index (χ1v) is 7.10. The summed E-state index contributed by atoms with van der Waals surface area (Å²) in [5.41, 5.74) is -0.984. The number of piperidine rings is 1. The number of nitrogens with zero attached hydrogens (tertiary/aromatic N) is 2. The maximum atomic E-state index is 15.1. The minimum Gasteiger partial charge on any atom is -0.358 e. The number of para-hydroxylation sites is 1. The molecule has 3 nitrogen and oxygen atoms in total. The highest BCUT2D eigenvalue weighted by Gasteiger charge is 2.58. The van der Waals surface area contributed by atoms with Crippen LogP contribution in [0.5, 0.6) is 0 Å². The smallest absolute Gasteiger partial charge is 0.316 e. The largest absolute Gasteiger partial charge is 0.358 e. The van der Waals surface area contributed by atoms with Crippen LogP contribution in [0.15, 0.2) is 59.6 Å². The van der Waals surface area contributed by atoms with E-state index in [2.05, 4.69) is 4.99 Å². The van der Waals surface area contributed by atoms with Crippen molar-refractivity contribution < 1.29 is 13.6 Å². The van der Waals surface area contributed by atoms with Crippen molar-refractivity contribution in [2.75, 3.05) is 13.6 Å². The maximum Gasteiger partial charge on any atom is 0.316 e. The van der Waals surface area contributed by atoms with Crippen LogP contribution >= 0.6 is 0 Å². The topological polar surface area (TPSA) is 32.7 Å². The number of benzene rings is 1. The van der Waals surface area contributed by atoms with Crippen molar-refractivity contribution >= 4 is 17.3 Å². The van der Waals surface area contributed by atoms with Crippen molar-refractivity contribution in [3.05, 3.63) is 54.6 Å². The molecule has 22 heavy (non-hydrogen) atoms. The third-order valence-electron chi connectivity index (χ3n) is 4.17. The molecule has 0 N–H and O–H groups in total. The van der Waals surface area contributed by atoms with E-state index in [1.54, 1.807) is 31.3 Å². The summed E-state index contributed by atoms with van der Waals surface area (Å²) in [6, 6.07) is 8.71. The second-order valence-electron chi connectivity index (χ2n) is 5.63. The monoisotopic (exact) mass is 302 g/mol. The van der Waals surface area contributed by atoms with Crippen molar-refractivity contribution in [2.45, 2.75) is 12.3 Å². The number of amidine groups is 1. The van der Waals surface area contributed by atoms with E-state index in [-0.39, 0.29) is 18.0 Å². The van der Waals surface area contributed by atoms with Gasteiger partial charge in [0.1, 0.15) is 0 Å². The average molecular weight is 302 g/mol. The zero-order valence-corrected chi connectivity index (χ0v) is 12.2. The molecule has 0 saturated carbocycles. The van der Waals surface area contributed by atoms with E-state index in [0.29, 0.717) is 12.2 Å². The molecule has 1 aromatic rings. The van der Waals surface area contributed by atoms with Crippen LogP contribution in [0.2, 0.25) is 0 Å². The van der Waals surface area contributed by atoms with E-state index in [1.807, 2.05) is 6.07 Å². The third kappa shape index (κ3) is 2.26. The van der Waals surface area contributed by atoms with Gasteiger partial charge in [0, 0.05) is 13.6 Å². The highest BCUT2D eigenvalue weighted by Crippen LogP contribution is 2.48. The van der Waals surface area contributed by atoms with E-state index >= 15 is 8.78 Å². The number of likely N-dealkylation sites (tertiary alicyclic amines) is 1. The van der Waals surface area contributed by atoms with Gasteiger partial charge in [-0.2, -0.15) is 8.78 Å². The molecule has 0 radical (unpaired) electrons. The minimum atomic E-state index is -3.18. The standard InChI is InChI=1S/C17H16F2N2O/c1-21-12-11-16(9-7-14(22)8-10-16)17(18,19)15(21)20-13-5-3-2-4-6-13/h2-10H,11-12H2,1H3. The molecule has 0 aromatic heterocycles. The Morgan fingerprint density at radius 3 is 2.41 bits per heavy atom. The molecule has 5 heteroatoms. The minimum absolute atomic E-state index is 0.241. The molecule has 0 unspecified atom stereocenters. The van der Waals surface area contributed by atoms with Crippen molar-refractivity contribution in [1.29, 1.82) is 0 Å². The van der Waals surface area contributed by atoms with Crippen LogP contribution in [-0.2, 0) is 4.79 Å². The number of hydrogen-bond acceptors (Lipinski definition) is 2. The molecular formula is C17H16F2N2O. The van der Waals surface area contributed by atoms with Crippen molar-refractivity contribution in [1.82, 2.24) is 4.90 Å². The fourth-order valence-corrected chi connectivity index (χ4v) is 2.79. The molecule has 0 amide bonds. The molecule has 1 spiro atoms. The SMILES string of the molecule is CN1CCC2(C=CC(=O)C=C2)C(F)(F)C1=Nc1ccccc1. The van der Waals surface area contributed by atoms with Crippen LogP contribution in [-0.4, -0.2) is 36.0 Å². The zero-order valence-electron chi connectivity index (χ0n) is 12.2. The second kappa shape index (κ2) is 5.16. The highest BCUT2D eigenvalue weighted by molar-refractivity contribution is 6.01. The van der Waals surface area contributed by atoms with Gasteiger partial charge in [-0.05, 0) is 30.7 Å². The Bertz CT molecular complexity index is 661. The summed E-state index contributed by atoms with van der Waals surface area (Å²) >= 11 is 0. The Kier molecular flexibility index (Phi) is 3.43. The van der Waals surface area contributed by atoms with Crippen LogP contribution in [0.1, 0.15) is 6.42 Å². The fourth-order valence-electron chi connectivity index (χ4n) is 2.79. The number of aliphatic imine (C=N–C) groups is 1. The summed E-state index contributed by atoms with van der Waals surface area (Å²) in [5.74, 6) is -3.71. The molecule has 1 aliphatic carbocycles. The first kappa shape index (κ1) is 14.6. The molecule has 1 aromatic carbocycles. The number of allylic oxidation sites excluding steroid dienone is 4. The molecule has 1 aliphatic heterocycles. The molecule has 3 rings (SSSR count). The van der Waals surface area contributed by atoms with Gasteiger partial charge in [-0.1, -0.05) is 30.4 Å². The summed E-state index contributed by atoms with van der Waals surface area (Å²) in [6.45, 7) is 0.449. The number of alkyl halides is 2. The molecule has 1 saturated heterocycles. The number of halogens is 2.